The third kappa shape index (κ3) is 2.64. The highest BCUT2D eigenvalue weighted by Crippen LogP contribution is 2.39. The summed E-state index contributed by atoms with van der Waals surface area (Å²) in [6.45, 7) is 0.712. The predicted molar refractivity (Wildman–Crippen MR) is 70.0 cm³/mol. The Morgan fingerprint density at radius 2 is 2.20 bits per heavy atom. The molecule has 0 bridgehead atoms. The van der Waals surface area contributed by atoms with E-state index in [0.29, 0.717) is 6.54 Å². The zero-order valence-electron chi connectivity index (χ0n) is 8.71. The van der Waals surface area contributed by atoms with Gasteiger partial charge in [-0.2, -0.15) is 0 Å². The van der Waals surface area contributed by atoms with E-state index in [9.17, 15) is 0 Å². The van der Waals surface area contributed by atoms with Crippen LogP contribution >= 0.6 is 22.6 Å². The Morgan fingerprint density at radius 1 is 1.40 bits per heavy atom. The van der Waals surface area contributed by atoms with E-state index in [-0.39, 0.29) is 5.60 Å². The summed E-state index contributed by atoms with van der Waals surface area (Å²) < 4.78 is 7.29. The number of nitrogens with two attached hydrogens (primary N) is 1. The molecule has 0 heterocycles. The van der Waals surface area contributed by atoms with E-state index in [1.165, 1.54) is 9.99 Å². The largest absolute Gasteiger partial charge is 0.487 e. The van der Waals surface area contributed by atoms with Gasteiger partial charge in [-0.15, -0.1) is 0 Å². The molecular weight excluding hydrogens is 301 g/mol. The molecule has 1 aromatic carbocycles. The van der Waals surface area contributed by atoms with Gasteiger partial charge in [-0.25, -0.2) is 0 Å². The van der Waals surface area contributed by atoms with Crippen LogP contribution in [0.2, 0.25) is 0 Å². The summed E-state index contributed by atoms with van der Waals surface area (Å²) in [7, 11) is 0. The van der Waals surface area contributed by atoms with Gasteiger partial charge in [0.15, 0.2) is 0 Å². The zero-order valence-corrected chi connectivity index (χ0v) is 10.9. The van der Waals surface area contributed by atoms with Gasteiger partial charge in [-0.1, -0.05) is 6.07 Å². The number of benzene rings is 1. The first kappa shape index (κ1) is 11.2. The SMILES string of the molecule is NCCC1(Oc2cccc(I)c2)CCC1. The molecule has 0 saturated heterocycles. The van der Waals surface area contributed by atoms with E-state index in [4.69, 9.17) is 10.5 Å². The van der Waals surface area contributed by atoms with Crippen LogP contribution in [0.15, 0.2) is 24.3 Å². The van der Waals surface area contributed by atoms with Crippen molar-refractivity contribution < 1.29 is 4.74 Å². The summed E-state index contributed by atoms with van der Waals surface area (Å²) in [5.41, 5.74) is 5.67. The van der Waals surface area contributed by atoms with Crippen molar-refractivity contribution in [3.05, 3.63) is 27.8 Å². The third-order valence-electron chi connectivity index (χ3n) is 3.00. The van der Waals surface area contributed by atoms with Crippen molar-refractivity contribution in [3.8, 4) is 5.75 Å². The van der Waals surface area contributed by atoms with Crippen LogP contribution in [-0.4, -0.2) is 12.1 Å². The maximum atomic E-state index is 6.07. The fourth-order valence-corrected chi connectivity index (χ4v) is 2.53. The monoisotopic (exact) mass is 317 g/mol. The number of halogens is 1. The number of hydrogen-bond donors (Lipinski definition) is 1. The maximum absolute atomic E-state index is 6.07. The Labute approximate surface area is 104 Å². The summed E-state index contributed by atoms with van der Waals surface area (Å²) in [5, 5.41) is 0. The molecule has 0 radical (unpaired) electrons. The average Bonchev–Trinajstić information content (AvgIpc) is 2.15. The topological polar surface area (TPSA) is 35.2 Å². The van der Waals surface area contributed by atoms with Crippen molar-refractivity contribution in [1.29, 1.82) is 0 Å². The van der Waals surface area contributed by atoms with Gasteiger partial charge in [-0.05, 0) is 73.0 Å². The molecular formula is C12H16INO. The highest BCUT2D eigenvalue weighted by atomic mass is 127. The van der Waals surface area contributed by atoms with Gasteiger partial charge >= 0.3 is 0 Å². The number of hydrogen-bond acceptors (Lipinski definition) is 2. The second kappa shape index (κ2) is 4.70. The van der Waals surface area contributed by atoms with Crippen molar-refractivity contribution in [2.75, 3.05) is 6.54 Å². The Kier molecular flexibility index (Phi) is 3.51. The Hall–Kier alpha value is -0.290. The standard InChI is InChI=1S/C12H16INO/c13-10-3-1-4-11(9-10)15-12(7-8-14)5-2-6-12/h1,3-4,9H,2,5-8,14H2. The molecule has 15 heavy (non-hydrogen) atoms. The molecule has 82 valence electrons. The van der Waals surface area contributed by atoms with Crippen molar-refractivity contribution in [1.82, 2.24) is 0 Å². The normalized spacial score (nSPS) is 18.3. The minimum atomic E-state index is 0.0409. The van der Waals surface area contributed by atoms with E-state index in [0.717, 1.165) is 25.0 Å². The van der Waals surface area contributed by atoms with Crippen LogP contribution in [0.1, 0.15) is 25.7 Å². The van der Waals surface area contributed by atoms with E-state index < -0.39 is 0 Å². The summed E-state index contributed by atoms with van der Waals surface area (Å²) in [6.07, 6.45) is 4.54. The molecule has 0 aromatic heterocycles. The van der Waals surface area contributed by atoms with Gasteiger partial charge in [0.2, 0.25) is 0 Å². The Morgan fingerprint density at radius 3 is 2.73 bits per heavy atom. The van der Waals surface area contributed by atoms with Crippen LogP contribution < -0.4 is 10.5 Å². The van der Waals surface area contributed by atoms with E-state index >= 15 is 0 Å². The molecule has 1 saturated carbocycles. The molecule has 1 aliphatic carbocycles. The highest BCUT2D eigenvalue weighted by molar-refractivity contribution is 14.1. The molecule has 3 heteroatoms. The van der Waals surface area contributed by atoms with E-state index in [1.807, 2.05) is 12.1 Å². The smallest absolute Gasteiger partial charge is 0.121 e. The lowest BCUT2D eigenvalue weighted by Crippen LogP contribution is -2.44. The van der Waals surface area contributed by atoms with Gasteiger partial charge < -0.3 is 10.5 Å². The maximum Gasteiger partial charge on any atom is 0.121 e. The fourth-order valence-electron chi connectivity index (χ4n) is 2.02. The summed E-state index contributed by atoms with van der Waals surface area (Å²) in [5.74, 6) is 0.982. The molecule has 1 aliphatic rings. The van der Waals surface area contributed by atoms with Gasteiger partial charge in [0, 0.05) is 3.57 Å². The van der Waals surface area contributed by atoms with Crippen molar-refractivity contribution >= 4 is 22.6 Å². The second-order valence-corrected chi connectivity index (χ2v) is 5.38. The second-order valence-electron chi connectivity index (χ2n) is 4.13. The minimum absolute atomic E-state index is 0.0409. The highest BCUT2D eigenvalue weighted by Gasteiger charge is 2.38. The quantitative estimate of drug-likeness (QED) is 0.867. The molecule has 0 spiro atoms. The lowest BCUT2D eigenvalue weighted by atomic mass is 9.77. The lowest BCUT2D eigenvalue weighted by molar-refractivity contribution is -0.0125. The summed E-state index contributed by atoms with van der Waals surface area (Å²) in [4.78, 5) is 0. The Balaban J connectivity index is 2.06. The first-order valence-electron chi connectivity index (χ1n) is 5.39. The van der Waals surface area contributed by atoms with Crippen LogP contribution in [0.5, 0.6) is 5.75 Å². The fraction of sp³-hybridized carbons (Fsp3) is 0.500. The average molecular weight is 317 g/mol. The third-order valence-corrected chi connectivity index (χ3v) is 3.67. The Bertz CT molecular complexity index is 336. The zero-order chi connectivity index (χ0) is 10.7. The molecule has 0 atom stereocenters. The summed E-state index contributed by atoms with van der Waals surface area (Å²) >= 11 is 2.30. The molecule has 2 N–H and O–H groups in total. The van der Waals surface area contributed by atoms with Gasteiger partial charge in [0.25, 0.3) is 0 Å². The van der Waals surface area contributed by atoms with E-state index in [2.05, 4.69) is 34.7 Å². The molecule has 0 aliphatic heterocycles. The number of rotatable bonds is 4. The molecule has 1 fully saturated rings. The van der Waals surface area contributed by atoms with Crippen LogP contribution in [-0.2, 0) is 0 Å². The van der Waals surface area contributed by atoms with Crippen LogP contribution in [0.4, 0.5) is 0 Å². The van der Waals surface area contributed by atoms with Gasteiger partial charge in [0.1, 0.15) is 11.4 Å². The molecule has 0 amide bonds. The van der Waals surface area contributed by atoms with Gasteiger partial charge in [0.05, 0.1) is 0 Å². The van der Waals surface area contributed by atoms with Crippen molar-refractivity contribution in [3.63, 3.8) is 0 Å². The van der Waals surface area contributed by atoms with Crippen LogP contribution in [0, 0.1) is 3.57 Å². The minimum Gasteiger partial charge on any atom is -0.487 e. The lowest BCUT2D eigenvalue weighted by Gasteiger charge is -2.41. The van der Waals surface area contributed by atoms with Crippen LogP contribution in [0.25, 0.3) is 0 Å². The van der Waals surface area contributed by atoms with Crippen molar-refractivity contribution in [2.45, 2.75) is 31.3 Å². The van der Waals surface area contributed by atoms with E-state index in [1.54, 1.807) is 0 Å². The molecule has 1 aromatic rings. The molecule has 2 nitrogen and oxygen atoms in total. The summed E-state index contributed by atoms with van der Waals surface area (Å²) in [6, 6.07) is 8.21. The van der Waals surface area contributed by atoms with Gasteiger partial charge in [-0.3, -0.25) is 0 Å². The van der Waals surface area contributed by atoms with Crippen molar-refractivity contribution in [2.24, 2.45) is 5.73 Å². The number of ether oxygens (including phenoxy) is 1. The predicted octanol–water partition coefficient (Wildman–Crippen LogP) is 2.94. The first-order valence-corrected chi connectivity index (χ1v) is 6.47. The van der Waals surface area contributed by atoms with Crippen LogP contribution in [0.3, 0.4) is 0 Å². The molecule has 0 unspecified atom stereocenters. The molecule has 2 rings (SSSR count). The first-order chi connectivity index (χ1) is 7.24.